The highest BCUT2D eigenvalue weighted by atomic mass is 35.5. The summed E-state index contributed by atoms with van der Waals surface area (Å²) in [6, 6.07) is 16.1. The van der Waals surface area contributed by atoms with E-state index in [4.69, 9.17) is 11.6 Å². The number of anilines is 2. The highest BCUT2D eigenvalue weighted by Gasteiger charge is 2.07. The van der Waals surface area contributed by atoms with Crippen molar-refractivity contribution in [1.82, 2.24) is 9.97 Å². The van der Waals surface area contributed by atoms with Gasteiger partial charge in [0.25, 0.3) is 0 Å². The number of hydrogen-bond donors (Lipinski definition) is 1. The van der Waals surface area contributed by atoms with Gasteiger partial charge < -0.3 is 5.32 Å². The Balaban J connectivity index is 1.97. The van der Waals surface area contributed by atoms with E-state index in [0.29, 0.717) is 0 Å². The van der Waals surface area contributed by atoms with E-state index < -0.39 is 0 Å². The average molecular weight is 324 g/mol. The molecule has 0 aliphatic heterocycles. The van der Waals surface area contributed by atoms with E-state index in [-0.39, 0.29) is 0 Å². The Labute approximate surface area is 141 Å². The van der Waals surface area contributed by atoms with Crippen LogP contribution in [0.4, 0.5) is 11.5 Å². The lowest BCUT2D eigenvalue weighted by Crippen LogP contribution is -2.00. The third-order valence-corrected chi connectivity index (χ3v) is 4.13. The van der Waals surface area contributed by atoms with Gasteiger partial charge in [0, 0.05) is 22.3 Å². The van der Waals surface area contributed by atoms with E-state index in [1.54, 1.807) is 0 Å². The number of halogens is 1. The zero-order chi connectivity index (χ0) is 16.4. The quantitative estimate of drug-likeness (QED) is 0.695. The third-order valence-electron chi connectivity index (χ3n) is 3.72. The van der Waals surface area contributed by atoms with Gasteiger partial charge in [-0.3, -0.25) is 0 Å². The van der Waals surface area contributed by atoms with Gasteiger partial charge in [-0.1, -0.05) is 47.5 Å². The first kappa shape index (κ1) is 15.5. The molecule has 3 aromatic rings. The summed E-state index contributed by atoms with van der Waals surface area (Å²) in [5.74, 6) is 1.49. The molecular weight excluding hydrogens is 306 g/mol. The molecule has 1 heterocycles. The van der Waals surface area contributed by atoms with Crippen molar-refractivity contribution in [2.24, 2.45) is 0 Å². The Morgan fingerprint density at radius 1 is 0.913 bits per heavy atom. The predicted octanol–water partition coefficient (Wildman–Crippen LogP) is 5.47. The number of nitrogens with one attached hydrogen (secondary N) is 1. The standard InChI is InChI=1S/C19H18ClN3/c1-12-7-9-15(10-8-12)18-11-19(22-14(3)21-18)23-17-6-4-5-16(20)13(17)2/h4-11H,1-3H3,(H,21,22,23). The minimum Gasteiger partial charge on any atom is -0.340 e. The number of benzene rings is 2. The van der Waals surface area contributed by atoms with Crippen molar-refractivity contribution < 1.29 is 0 Å². The summed E-state index contributed by atoms with van der Waals surface area (Å²) in [5, 5.41) is 4.08. The van der Waals surface area contributed by atoms with Crippen LogP contribution < -0.4 is 5.32 Å². The van der Waals surface area contributed by atoms with Gasteiger partial charge in [0.1, 0.15) is 11.6 Å². The molecule has 23 heavy (non-hydrogen) atoms. The molecule has 0 atom stereocenters. The Kier molecular flexibility index (Phi) is 4.30. The minimum atomic E-state index is 0.727. The molecular formula is C19H18ClN3. The third kappa shape index (κ3) is 3.51. The molecule has 116 valence electrons. The van der Waals surface area contributed by atoms with Gasteiger partial charge in [0.05, 0.1) is 5.69 Å². The molecule has 0 saturated carbocycles. The minimum absolute atomic E-state index is 0.727. The summed E-state index contributed by atoms with van der Waals surface area (Å²) in [4.78, 5) is 9.02. The smallest absolute Gasteiger partial charge is 0.134 e. The molecule has 0 unspecified atom stereocenters. The summed E-state index contributed by atoms with van der Waals surface area (Å²) in [5.41, 5.74) is 5.16. The van der Waals surface area contributed by atoms with E-state index in [0.717, 1.165) is 39.2 Å². The summed E-state index contributed by atoms with van der Waals surface area (Å²) in [6.07, 6.45) is 0. The Hall–Kier alpha value is -2.39. The van der Waals surface area contributed by atoms with Crippen LogP contribution in [0, 0.1) is 20.8 Å². The van der Waals surface area contributed by atoms with Gasteiger partial charge in [0.15, 0.2) is 0 Å². The molecule has 0 spiro atoms. The van der Waals surface area contributed by atoms with E-state index >= 15 is 0 Å². The summed E-state index contributed by atoms with van der Waals surface area (Å²) in [6.45, 7) is 5.96. The fraction of sp³-hybridized carbons (Fsp3) is 0.158. The van der Waals surface area contributed by atoms with Crippen LogP contribution in [0.2, 0.25) is 5.02 Å². The Morgan fingerprint density at radius 3 is 2.39 bits per heavy atom. The Morgan fingerprint density at radius 2 is 1.65 bits per heavy atom. The van der Waals surface area contributed by atoms with Gasteiger partial charge in [0.2, 0.25) is 0 Å². The first-order valence-electron chi connectivity index (χ1n) is 7.48. The van der Waals surface area contributed by atoms with E-state index in [1.165, 1.54) is 5.56 Å². The van der Waals surface area contributed by atoms with Crippen molar-refractivity contribution in [3.8, 4) is 11.3 Å². The highest BCUT2D eigenvalue weighted by Crippen LogP contribution is 2.27. The lowest BCUT2D eigenvalue weighted by molar-refractivity contribution is 1.06. The molecule has 3 rings (SSSR count). The number of aryl methyl sites for hydroxylation is 2. The van der Waals surface area contributed by atoms with Crippen LogP contribution in [-0.4, -0.2) is 9.97 Å². The first-order chi connectivity index (χ1) is 11.0. The van der Waals surface area contributed by atoms with Crippen LogP contribution in [0.1, 0.15) is 17.0 Å². The van der Waals surface area contributed by atoms with Crippen molar-refractivity contribution >= 4 is 23.1 Å². The normalized spacial score (nSPS) is 10.6. The average Bonchev–Trinajstić information content (AvgIpc) is 2.52. The van der Waals surface area contributed by atoms with Gasteiger partial charge in [-0.25, -0.2) is 9.97 Å². The highest BCUT2D eigenvalue weighted by molar-refractivity contribution is 6.31. The second-order valence-electron chi connectivity index (χ2n) is 5.59. The maximum Gasteiger partial charge on any atom is 0.134 e. The van der Waals surface area contributed by atoms with Crippen LogP contribution in [0.5, 0.6) is 0 Å². The van der Waals surface area contributed by atoms with E-state index in [1.807, 2.05) is 38.1 Å². The van der Waals surface area contributed by atoms with Crippen LogP contribution in [0.25, 0.3) is 11.3 Å². The van der Waals surface area contributed by atoms with Crippen LogP contribution >= 0.6 is 11.6 Å². The second kappa shape index (κ2) is 6.39. The van der Waals surface area contributed by atoms with Gasteiger partial charge in [-0.15, -0.1) is 0 Å². The molecule has 0 aliphatic carbocycles. The summed E-state index contributed by atoms with van der Waals surface area (Å²) in [7, 11) is 0. The van der Waals surface area contributed by atoms with Crippen molar-refractivity contribution in [3.63, 3.8) is 0 Å². The van der Waals surface area contributed by atoms with Crippen molar-refractivity contribution in [1.29, 1.82) is 0 Å². The topological polar surface area (TPSA) is 37.8 Å². The lowest BCUT2D eigenvalue weighted by Gasteiger charge is -2.12. The van der Waals surface area contributed by atoms with Gasteiger partial charge in [-0.05, 0) is 38.5 Å². The molecule has 0 radical (unpaired) electrons. The van der Waals surface area contributed by atoms with Gasteiger partial charge in [-0.2, -0.15) is 0 Å². The molecule has 3 nitrogen and oxygen atoms in total. The largest absolute Gasteiger partial charge is 0.340 e. The van der Waals surface area contributed by atoms with Crippen molar-refractivity contribution in [2.75, 3.05) is 5.32 Å². The second-order valence-corrected chi connectivity index (χ2v) is 6.00. The fourth-order valence-electron chi connectivity index (χ4n) is 2.38. The van der Waals surface area contributed by atoms with Crippen LogP contribution in [-0.2, 0) is 0 Å². The molecule has 0 saturated heterocycles. The fourth-order valence-corrected chi connectivity index (χ4v) is 2.56. The number of aromatic nitrogens is 2. The monoisotopic (exact) mass is 323 g/mol. The number of hydrogen-bond acceptors (Lipinski definition) is 3. The zero-order valence-corrected chi connectivity index (χ0v) is 14.1. The zero-order valence-electron chi connectivity index (χ0n) is 13.4. The number of nitrogens with zero attached hydrogens (tertiary/aromatic N) is 2. The molecule has 2 aromatic carbocycles. The Bertz CT molecular complexity index is 842. The van der Waals surface area contributed by atoms with Crippen LogP contribution in [0.3, 0.4) is 0 Å². The summed E-state index contributed by atoms with van der Waals surface area (Å²) >= 11 is 6.18. The summed E-state index contributed by atoms with van der Waals surface area (Å²) < 4.78 is 0. The van der Waals surface area contributed by atoms with Crippen molar-refractivity contribution in [3.05, 3.63) is 70.5 Å². The number of rotatable bonds is 3. The van der Waals surface area contributed by atoms with E-state index in [2.05, 4.69) is 46.5 Å². The molecule has 4 heteroatoms. The molecule has 0 amide bonds. The molecule has 1 N–H and O–H groups in total. The first-order valence-corrected chi connectivity index (χ1v) is 7.85. The molecule has 1 aromatic heterocycles. The molecule has 0 bridgehead atoms. The van der Waals surface area contributed by atoms with Crippen molar-refractivity contribution in [2.45, 2.75) is 20.8 Å². The van der Waals surface area contributed by atoms with Gasteiger partial charge >= 0.3 is 0 Å². The van der Waals surface area contributed by atoms with E-state index in [9.17, 15) is 0 Å². The SMILES string of the molecule is Cc1ccc(-c2cc(Nc3cccc(Cl)c3C)nc(C)n2)cc1. The predicted molar refractivity (Wildman–Crippen MR) is 96.4 cm³/mol. The maximum absolute atomic E-state index is 6.18. The van der Waals surface area contributed by atoms with Crippen LogP contribution in [0.15, 0.2) is 48.5 Å². The maximum atomic E-state index is 6.18. The molecule has 0 fully saturated rings. The lowest BCUT2D eigenvalue weighted by atomic mass is 10.1. The molecule has 0 aliphatic rings.